The molecular weight excluding hydrogens is 1030 g/mol. The minimum atomic E-state index is -1.60. The SMILES string of the molecule is CC(=O)S[C@@H]1CC2=CC(=O)CC[C@]2(C)[C@H]2CC[C@@]3(C)[C@@H](CC[C@@]34CCC(=O)O4)[C@H]12.C[C@]12CCC(=O)C=C1C=C[C@@H]1[C@@H]2CC[C@@]2(C)[C@H]1CC[C@@]21CCC(=O)O1.C[C@]12CCC(=O)C=C1CC[C@@H]1[C@@H]2C(=O)C[C@@]2(C)[C@H]1CC[C@]2(O)C(=O)CO. The predicted octanol–water partition coefficient (Wildman–Crippen LogP) is 11.2. The van der Waals surface area contributed by atoms with Crippen LogP contribution in [-0.4, -0.2) is 84.8 Å². The van der Waals surface area contributed by atoms with E-state index in [-0.39, 0.29) is 108 Å². The lowest BCUT2D eigenvalue weighted by Gasteiger charge is -2.61. The molecule has 2 saturated heterocycles. The summed E-state index contributed by atoms with van der Waals surface area (Å²) in [5, 5.41) is 20.9. The van der Waals surface area contributed by atoms with Crippen LogP contribution < -0.4 is 0 Å². The van der Waals surface area contributed by atoms with Crippen LogP contribution in [0.4, 0.5) is 0 Å². The van der Waals surface area contributed by atoms with Crippen LogP contribution in [0, 0.1) is 85.8 Å². The zero-order valence-corrected chi connectivity index (χ0v) is 49.5. The number of thioether (sulfide) groups is 1. The topological polar surface area (TPSA) is 195 Å². The Hall–Kier alpha value is -3.81. The fraction of sp³-hybridized carbons (Fsp3) is 0.761. The molecule has 8 saturated carbocycles. The first kappa shape index (κ1) is 56.7. The molecule has 2 heterocycles. The number of esters is 2. The molecule has 80 heavy (non-hydrogen) atoms. The summed E-state index contributed by atoms with van der Waals surface area (Å²) < 4.78 is 12.0. The van der Waals surface area contributed by atoms with Crippen molar-refractivity contribution in [2.45, 2.75) is 225 Å². The average molecular weight is 1120 g/mol. The zero-order chi connectivity index (χ0) is 57.0. The maximum atomic E-state index is 13.3. The van der Waals surface area contributed by atoms with E-state index in [1.54, 1.807) is 13.0 Å². The Balaban J connectivity index is 0.000000120. The van der Waals surface area contributed by atoms with Gasteiger partial charge >= 0.3 is 11.9 Å². The third-order valence-electron chi connectivity index (χ3n) is 26.9. The van der Waals surface area contributed by atoms with E-state index < -0.39 is 23.4 Å². The number of aliphatic hydroxyl groups is 2. The Bertz CT molecular complexity index is 2860. The molecule has 2 N–H and O–H groups in total. The Labute approximate surface area is 477 Å². The first-order valence-corrected chi connectivity index (χ1v) is 32.0. The van der Waals surface area contributed by atoms with Crippen molar-refractivity contribution in [1.82, 2.24) is 0 Å². The number of Topliss-reactive ketones (excluding diaryl/α,β-unsaturated/α-hetero) is 2. The molecule has 12 aliphatic carbocycles. The Morgan fingerprint density at radius 2 is 1.12 bits per heavy atom. The number of hydrogen-bond donors (Lipinski definition) is 2. The van der Waals surface area contributed by atoms with Gasteiger partial charge in [0.1, 0.15) is 29.2 Å². The van der Waals surface area contributed by atoms with Crippen LogP contribution >= 0.6 is 11.8 Å². The predicted molar refractivity (Wildman–Crippen MR) is 301 cm³/mol. The van der Waals surface area contributed by atoms with Crippen LogP contribution in [0.15, 0.2) is 47.1 Å². The quantitative estimate of drug-likeness (QED) is 0.254. The standard InChI is InChI=1S/C24H32O4S.C22H28O3.C21H28O5/c1-14(25)29-19-13-15-12-16(26)4-8-22(15,2)17-5-9-23(3)18(21(17)19)6-10-24(23)11-7-20(27)28-24;1-20-9-5-15(23)13-14(20)3-4-16-17(20)6-10-21(2)18(16)7-11-22(21)12-8-19(24)25-22;1-19-7-5-13(23)9-12(19)3-4-14-15-6-8-21(26,17(25)11-22)20(15,2)10-16(24)18(14)19/h12,17-19,21H,4-11,13H2,1-3H3;3-4,13,16-18H,5-12H2,1-2H3;9,14-15,18,22,26H,3-8,10-11H2,1-2H3/t17-,18-,19+,21+,22-,23-,24+;16-,17+,18+,20+,21+,22-;14-,15-,18+,19-,20-,21-/m010/s1. The zero-order valence-electron chi connectivity index (χ0n) is 48.7. The number of fused-ring (bicyclic) bond motifs is 17. The van der Waals surface area contributed by atoms with Gasteiger partial charge in [-0.3, -0.25) is 38.4 Å². The lowest BCUT2D eigenvalue weighted by molar-refractivity contribution is -0.170. The highest BCUT2D eigenvalue weighted by molar-refractivity contribution is 8.14. The van der Waals surface area contributed by atoms with E-state index in [0.29, 0.717) is 86.9 Å². The van der Waals surface area contributed by atoms with Gasteiger partial charge < -0.3 is 19.7 Å². The molecule has 14 rings (SSSR count). The molecule has 19 atom stereocenters. The minimum absolute atomic E-state index is 0.00570. The second-order valence-corrected chi connectivity index (χ2v) is 31.1. The average Bonchev–Trinajstić information content (AvgIpc) is 4.41. The molecule has 0 aromatic rings. The Morgan fingerprint density at radius 1 is 0.575 bits per heavy atom. The molecule has 0 aromatic carbocycles. The molecule has 12 nitrogen and oxygen atoms in total. The summed E-state index contributed by atoms with van der Waals surface area (Å²) in [6.07, 6.45) is 30.1. The number of ketones is 5. The van der Waals surface area contributed by atoms with Gasteiger partial charge in [-0.2, -0.15) is 0 Å². The van der Waals surface area contributed by atoms with Crippen molar-refractivity contribution in [2.75, 3.05) is 6.61 Å². The van der Waals surface area contributed by atoms with E-state index in [0.717, 1.165) is 89.0 Å². The first-order chi connectivity index (χ1) is 37.7. The van der Waals surface area contributed by atoms with E-state index in [2.05, 4.69) is 46.8 Å². The molecular formula is C67H88O12S. The third kappa shape index (κ3) is 8.05. The van der Waals surface area contributed by atoms with Crippen LogP contribution in [0.25, 0.3) is 0 Å². The highest BCUT2D eigenvalue weighted by Gasteiger charge is 2.71. The van der Waals surface area contributed by atoms with Gasteiger partial charge in [0, 0.05) is 72.9 Å². The minimum Gasteiger partial charge on any atom is -0.458 e. The first-order valence-electron chi connectivity index (χ1n) is 31.1. The molecule has 0 radical (unpaired) electrons. The van der Waals surface area contributed by atoms with Crippen LogP contribution in [0.5, 0.6) is 0 Å². The van der Waals surface area contributed by atoms with E-state index in [1.165, 1.54) is 35.7 Å². The van der Waals surface area contributed by atoms with Gasteiger partial charge in [0.25, 0.3) is 0 Å². The molecule has 13 heteroatoms. The summed E-state index contributed by atoms with van der Waals surface area (Å²) in [6, 6.07) is 0. The lowest BCUT2D eigenvalue weighted by Crippen LogP contribution is -2.60. The summed E-state index contributed by atoms with van der Waals surface area (Å²) >= 11 is 1.50. The molecule has 14 aliphatic rings. The van der Waals surface area contributed by atoms with Crippen LogP contribution in [-0.2, 0) is 47.8 Å². The molecule has 0 bridgehead atoms. The number of allylic oxidation sites excluding steroid dienone is 6. The second-order valence-electron chi connectivity index (χ2n) is 29.6. The van der Waals surface area contributed by atoms with Gasteiger partial charge in [0.05, 0.1) is 0 Å². The highest BCUT2D eigenvalue weighted by atomic mass is 32.2. The van der Waals surface area contributed by atoms with Gasteiger partial charge in [-0.15, -0.1) is 0 Å². The van der Waals surface area contributed by atoms with Crippen molar-refractivity contribution in [3.8, 4) is 0 Å². The van der Waals surface area contributed by atoms with Gasteiger partial charge in [0.2, 0.25) is 0 Å². The number of ether oxygens (including phenoxy) is 2. The fourth-order valence-corrected chi connectivity index (χ4v) is 23.6. The Morgan fingerprint density at radius 3 is 1.74 bits per heavy atom. The maximum absolute atomic E-state index is 13.3. The fourth-order valence-electron chi connectivity index (χ4n) is 22.4. The molecule has 2 spiro atoms. The lowest BCUT2D eigenvalue weighted by atomic mass is 9.46. The van der Waals surface area contributed by atoms with Gasteiger partial charge in [-0.05, 0) is 203 Å². The summed E-state index contributed by atoms with van der Waals surface area (Å²) in [7, 11) is 0. The summed E-state index contributed by atoms with van der Waals surface area (Å²) in [4.78, 5) is 97.7. The van der Waals surface area contributed by atoms with E-state index >= 15 is 0 Å². The molecule has 0 aromatic heterocycles. The Kier molecular flexibility index (Phi) is 13.7. The normalized spacial score (nSPS) is 49.0. The number of hydrogen-bond acceptors (Lipinski definition) is 13. The van der Waals surface area contributed by atoms with Gasteiger partial charge in [-0.1, -0.05) is 76.6 Å². The number of carbonyl (C=O) groups excluding carboxylic acids is 8. The van der Waals surface area contributed by atoms with Crippen molar-refractivity contribution >= 4 is 57.7 Å². The largest absolute Gasteiger partial charge is 0.458 e. The van der Waals surface area contributed by atoms with Crippen molar-refractivity contribution < 1.29 is 58.0 Å². The molecule has 2 aliphatic heterocycles. The maximum Gasteiger partial charge on any atom is 0.306 e. The van der Waals surface area contributed by atoms with Crippen molar-refractivity contribution in [3.63, 3.8) is 0 Å². The second kappa shape index (κ2) is 19.4. The number of rotatable bonds is 3. The third-order valence-corrected chi connectivity index (χ3v) is 28.0. The summed E-state index contributed by atoms with van der Waals surface area (Å²) in [6.45, 7) is 14.5. The summed E-state index contributed by atoms with van der Waals surface area (Å²) in [5.74, 6) is 3.58. The number of aliphatic hydroxyl groups excluding tert-OH is 1. The van der Waals surface area contributed by atoms with Crippen LogP contribution in [0.1, 0.15) is 203 Å². The van der Waals surface area contributed by atoms with Crippen molar-refractivity contribution in [2.24, 2.45) is 85.8 Å². The van der Waals surface area contributed by atoms with Crippen molar-refractivity contribution in [1.29, 1.82) is 0 Å². The van der Waals surface area contributed by atoms with Gasteiger partial charge in [0.15, 0.2) is 28.2 Å². The smallest absolute Gasteiger partial charge is 0.306 e. The van der Waals surface area contributed by atoms with Gasteiger partial charge in [-0.25, -0.2) is 0 Å². The number of carbonyl (C=O) groups is 8. The van der Waals surface area contributed by atoms with E-state index in [4.69, 9.17) is 9.47 Å². The molecule has 434 valence electrons. The molecule has 0 amide bonds. The van der Waals surface area contributed by atoms with E-state index in [9.17, 15) is 48.6 Å². The summed E-state index contributed by atoms with van der Waals surface area (Å²) in [5.41, 5.74) is 0.865. The van der Waals surface area contributed by atoms with Crippen molar-refractivity contribution in [3.05, 3.63) is 47.1 Å². The highest BCUT2D eigenvalue weighted by Crippen LogP contribution is 2.73. The molecule has 0 unspecified atom stereocenters. The van der Waals surface area contributed by atoms with Crippen LogP contribution in [0.2, 0.25) is 0 Å². The monoisotopic (exact) mass is 1120 g/mol. The van der Waals surface area contributed by atoms with Crippen LogP contribution in [0.3, 0.4) is 0 Å². The van der Waals surface area contributed by atoms with E-state index in [1.807, 2.05) is 19.1 Å². The molecule has 10 fully saturated rings.